The summed E-state index contributed by atoms with van der Waals surface area (Å²) in [7, 11) is 0. The van der Waals surface area contributed by atoms with Crippen LogP contribution in [0.25, 0.3) is 0 Å². The van der Waals surface area contributed by atoms with E-state index in [4.69, 9.17) is 22.7 Å². The molecule has 0 unspecified atom stereocenters. The lowest BCUT2D eigenvalue weighted by atomic mass is 10.2. The molecule has 0 bridgehead atoms. The average molecular weight is 171 g/mol. The third kappa shape index (κ3) is 1.65. The fraction of sp³-hybridized carbons (Fsp3) is 0.167. The maximum Gasteiger partial charge on any atom is 0.224 e. The average Bonchev–Trinajstić information content (AvgIpc) is 1.85. The van der Waals surface area contributed by atoms with Crippen LogP contribution >= 0.6 is 11.6 Å². The number of halogens is 1. The van der Waals surface area contributed by atoms with Gasteiger partial charge >= 0.3 is 0 Å². The molecule has 1 rings (SSSR count). The zero-order valence-corrected chi connectivity index (χ0v) is 6.68. The largest absolute Gasteiger partial charge is 0.383 e. The number of hydrogen-bond acceptors (Lipinski definition) is 4. The summed E-state index contributed by atoms with van der Waals surface area (Å²) in [5, 5.41) is 7.35. The van der Waals surface area contributed by atoms with Gasteiger partial charge in [0.05, 0.1) is 5.56 Å². The quantitative estimate of drug-likeness (QED) is 0.490. The Morgan fingerprint density at radius 1 is 1.73 bits per heavy atom. The SMILES string of the molecule is CC(=N)c1cnc(Cl)nc1N. The smallest absolute Gasteiger partial charge is 0.224 e. The predicted molar refractivity (Wildman–Crippen MR) is 44.0 cm³/mol. The van der Waals surface area contributed by atoms with Gasteiger partial charge in [0, 0.05) is 11.9 Å². The zero-order valence-electron chi connectivity index (χ0n) is 5.93. The van der Waals surface area contributed by atoms with Crippen molar-refractivity contribution in [2.45, 2.75) is 6.92 Å². The molecule has 0 aromatic carbocycles. The molecule has 3 N–H and O–H groups in total. The van der Waals surface area contributed by atoms with E-state index in [0.29, 0.717) is 11.3 Å². The Hall–Kier alpha value is -1.16. The van der Waals surface area contributed by atoms with Crippen LogP contribution in [-0.2, 0) is 0 Å². The van der Waals surface area contributed by atoms with E-state index in [1.807, 2.05) is 0 Å². The molecular formula is C6H7ClN4. The summed E-state index contributed by atoms with van der Waals surface area (Å²) in [5.74, 6) is 0.248. The number of nitrogens with zero attached hydrogens (tertiary/aromatic N) is 2. The fourth-order valence-electron chi connectivity index (χ4n) is 0.661. The second-order valence-corrected chi connectivity index (χ2v) is 2.40. The van der Waals surface area contributed by atoms with Crippen LogP contribution in [0.15, 0.2) is 6.20 Å². The minimum atomic E-state index is 0.104. The lowest BCUT2D eigenvalue weighted by molar-refractivity contribution is 1.16. The molecule has 0 aliphatic heterocycles. The Labute approximate surface area is 68.9 Å². The monoisotopic (exact) mass is 170 g/mol. The Balaban J connectivity index is 3.20. The summed E-state index contributed by atoms with van der Waals surface area (Å²) >= 11 is 5.45. The number of nitrogens with two attached hydrogens (primary N) is 1. The van der Waals surface area contributed by atoms with E-state index < -0.39 is 0 Å². The van der Waals surface area contributed by atoms with E-state index in [2.05, 4.69) is 9.97 Å². The van der Waals surface area contributed by atoms with Gasteiger partial charge in [-0.25, -0.2) is 9.97 Å². The van der Waals surface area contributed by atoms with Crippen molar-refractivity contribution in [2.24, 2.45) is 0 Å². The standard InChI is InChI=1S/C6H7ClN4/c1-3(8)4-2-10-6(7)11-5(4)9/h2,8H,1H3,(H2,9,10,11). The first-order valence-corrected chi connectivity index (χ1v) is 3.32. The Morgan fingerprint density at radius 3 is 2.82 bits per heavy atom. The molecule has 0 saturated heterocycles. The van der Waals surface area contributed by atoms with Gasteiger partial charge in [-0.2, -0.15) is 0 Å². The third-order valence-corrected chi connectivity index (χ3v) is 1.37. The van der Waals surface area contributed by atoms with Gasteiger partial charge in [0.1, 0.15) is 5.82 Å². The van der Waals surface area contributed by atoms with Crippen molar-refractivity contribution < 1.29 is 0 Å². The molecule has 0 radical (unpaired) electrons. The normalized spacial score (nSPS) is 9.64. The Morgan fingerprint density at radius 2 is 2.36 bits per heavy atom. The van der Waals surface area contributed by atoms with Gasteiger partial charge in [-0.05, 0) is 18.5 Å². The summed E-state index contributed by atoms with van der Waals surface area (Å²) in [4.78, 5) is 7.38. The highest BCUT2D eigenvalue weighted by Gasteiger charge is 2.03. The first-order chi connectivity index (χ1) is 5.11. The zero-order chi connectivity index (χ0) is 8.43. The van der Waals surface area contributed by atoms with E-state index >= 15 is 0 Å². The summed E-state index contributed by atoms with van der Waals surface area (Å²) in [5.41, 5.74) is 6.30. The molecule has 1 aromatic rings. The number of hydrogen-bond donors (Lipinski definition) is 2. The maximum atomic E-state index is 7.24. The van der Waals surface area contributed by atoms with Crippen LogP contribution in [0.2, 0.25) is 5.28 Å². The molecule has 11 heavy (non-hydrogen) atoms. The third-order valence-electron chi connectivity index (χ3n) is 1.19. The van der Waals surface area contributed by atoms with Crippen molar-refractivity contribution in [3.63, 3.8) is 0 Å². The Bertz CT molecular complexity index is 297. The van der Waals surface area contributed by atoms with Crippen LogP contribution in [0, 0.1) is 5.41 Å². The maximum absolute atomic E-state index is 7.24. The number of aromatic nitrogens is 2. The van der Waals surface area contributed by atoms with Crippen LogP contribution in [0.5, 0.6) is 0 Å². The number of nitrogen functional groups attached to an aromatic ring is 1. The predicted octanol–water partition coefficient (Wildman–Crippen LogP) is 1.10. The number of anilines is 1. The van der Waals surface area contributed by atoms with E-state index in [9.17, 15) is 0 Å². The molecule has 0 saturated carbocycles. The fourth-order valence-corrected chi connectivity index (χ4v) is 0.801. The summed E-state index contributed by atoms with van der Waals surface area (Å²) < 4.78 is 0. The van der Waals surface area contributed by atoms with Gasteiger partial charge in [-0.1, -0.05) is 0 Å². The first-order valence-electron chi connectivity index (χ1n) is 2.95. The van der Waals surface area contributed by atoms with Crippen molar-refractivity contribution >= 4 is 23.1 Å². The van der Waals surface area contributed by atoms with E-state index in [-0.39, 0.29) is 11.1 Å². The molecule has 58 valence electrons. The van der Waals surface area contributed by atoms with E-state index in [0.717, 1.165) is 0 Å². The molecule has 0 atom stereocenters. The van der Waals surface area contributed by atoms with Gasteiger partial charge in [-0.15, -0.1) is 0 Å². The molecule has 5 heteroatoms. The van der Waals surface area contributed by atoms with Gasteiger partial charge < -0.3 is 11.1 Å². The lowest BCUT2D eigenvalue weighted by Crippen LogP contribution is -2.03. The van der Waals surface area contributed by atoms with Crippen molar-refractivity contribution in [1.29, 1.82) is 5.41 Å². The molecular weight excluding hydrogens is 164 g/mol. The molecule has 0 aliphatic carbocycles. The summed E-state index contributed by atoms with van der Waals surface area (Å²) in [6, 6.07) is 0. The molecule has 4 nitrogen and oxygen atoms in total. The van der Waals surface area contributed by atoms with Crippen molar-refractivity contribution in [2.75, 3.05) is 5.73 Å². The minimum Gasteiger partial charge on any atom is -0.383 e. The molecule has 0 aliphatic rings. The van der Waals surface area contributed by atoms with Crippen molar-refractivity contribution in [1.82, 2.24) is 9.97 Å². The van der Waals surface area contributed by atoms with Gasteiger partial charge in [0.15, 0.2) is 0 Å². The number of rotatable bonds is 1. The van der Waals surface area contributed by atoms with Crippen LogP contribution in [0.4, 0.5) is 5.82 Å². The molecule has 1 aromatic heterocycles. The second kappa shape index (κ2) is 2.84. The van der Waals surface area contributed by atoms with E-state index in [1.165, 1.54) is 6.20 Å². The molecule has 0 amide bonds. The summed E-state index contributed by atoms with van der Waals surface area (Å²) in [6.07, 6.45) is 1.44. The molecule has 0 fully saturated rings. The minimum absolute atomic E-state index is 0.104. The van der Waals surface area contributed by atoms with Crippen LogP contribution in [0.3, 0.4) is 0 Å². The number of nitrogens with one attached hydrogen (secondary N) is 1. The van der Waals surface area contributed by atoms with Gasteiger partial charge in [-0.3, -0.25) is 0 Å². The van der Waals surface area contributed by atoms with Crippen molar-refractivity contribution in [3.05, 3.63) is 17.0 Å². The second-order valence-electron chi connectivity index (χ2n) is 2.06. The van der Waals surface area contributed by atoms with Crippen LogP contribution in [0.1, 0.15) is 12.5 Å². The Kier molecular flexibility index (Phi) is 2.05. The van der Waals surface area contributed by atoms with Crippen molar-refractivity contribution in [3.8, 4) is 0 Å². The van der Waals surface area contributed by atoms with Crippen LogP contribution < -0.4 is 5.73 Å². The molecule has 1 heterocycles. The summed E-state index contributed by atoms with van der Waals surface area (Å²) in [6.45, 7) is 1.61. The van der Waals surface area contributed by atoms with Gasteiger partial charge in [0.2, 0.25) is 5.28 Å². The lowest BCUT2D eigenvalue weighted by Gasteiger charge is -2.00. The van der Waals surface area contributed by atoms with Gasteiger partial charge in [0.25, 0.3) is 0 Å². The van der Waals surface area contributed by atoms with E-state index in [1.54, 1.807) is 6.92 Å². The first kappa shape index (κ1) is 7.94. The highest BCUT2D eigenvalue weighted by atomic mass is 35.5. The van der Waals surface area contributed by atoms with Crippen LogP contribution in [-0.4, -0.2) is 15.7 Å². The molecule has 0 spiro atoms. The highest BCUT2D eigenvalue weighted by molar-refractivity contribution is 6.28. The highest BCUT2D eigenvalue weighted by Crippen LogP contribution is 2.09. The topological polar surface area (TPSA) is 75.7 Å².